The standard InChI is InChI=1S/C46H33B5O/c47-41-40(42(48)44(50)45(51)43(41)49)34-21-20-33(39-35-22-25-11-1-2-12-26(25)23-36(35)52-46(34)39)38-31-17-7-5-15-29(31)37(30-16-6-8-18-32(30)38)28-19-9-13-24-10-3-4-14-27(24)28/h1-23H,47-51H2. The van der Waals surface area contributed by atoms with E-state index in [0.29, 0.717) is 0 Å². The lowest BCUT2D eigenvalue weighted by molar-refractivity contribution is 0.670. The van der Waals surface area contributed by atoms with Crippen molar-refractivity contribution in [3.05, 3.63) is 140 Å². The lowest BCUT2D eigenvalue weighted by Crippen LogP contribution is -2.55. The molecule has 0 saturated heterocycles. The van der Waals surface area contributed by atoms with Gasteiger partial charge in [0.25, 0.3) is 0 Å². The van der Waals surface area contributed by atoms with Gasteiger partial charge in [-0.2, -0.15) is 0 Å². The Labute approximate surface area is 307 Å². The molecule has 6 heteroatoms. The summed E-state index contributed by atoms with van der Waals surface area (Å²) in [7, 11) is 11.3. The molecule has 0 aliphatic heterocycles. The van der Waals surface area contributed by atoms with Crippen LogP contribution in [0.15, 0.2) is 144 Å². The van der Waals surface area contributed by atoms with E-state index in [1.54, 1.807) is 0 Å². The van der Waals surface area contributed by atoms with E-state index in [9.17, 15) is 0 Å². The Morgan fingerprint density at radius 3 is 1.40 bits per heavy atom. The van der Waals surface area contributed by atoms with Gasteiger partial charge in [-0.05, 0) is 83.0 Å². The Morgan fingerprint density at radius 2 is 0.788 bits per heavy atom. The Morgan fingerprint density at radius 1 is 0.327 bits per heavy atom. The van der Waals surface area contributed by atoms with Crippen LogP contribution in [-0.4, -0.2) is 39.2 Å². The minimum Gasteiger partial charge on any atom is -0.455 e. The topological polar surface area (TPSA) is 13.1 Å². The fourth-order valence-electron chi connectivity index (χ4n) is 9.03. The van der Waals surface area contributed by atoms with Crippen molar-refractivity contribution in [3.63, 3.8) is 0 Å². The highest BCUT2D eigenvalue weighted by molar-refractivity contribution is 6.69. The first kappa shape index (κ1) is 30.9. The highest BCUT2D eigenvalue weighted by Crippen LogP contribution is 2.49. The molecule has 10 aromatic rings. The van der Waals surface area contributed by atoms with Crippen LogP contribution in [0.1, 0.15) is 0 Å². The van der Waals surface area contributed by atoms with Gasteiger partial charge in [0.1, 0.15) is 50.4 Å². The molecular formula is C46H33B5O. The summed E-state index contributed by atoms with van der Waals surface area (Å²) < 4.78 is 7.09. The van der Waals surface area contributed by atoms with Crippen LogP contribution in [0.5, 0.6) is 0 Å². The Kier molecular flexibility index (Phi) is 6.89. The quantitative estimate of drug-likeness (QED) is 0.202. The van der Waals surface area contributed by atoms with E-state index in [1.165, 1.54) is 104 Å². The van der Waals surface area contributed by atoms with E-state index in [0.717, 1.165) is 22.1 Å². The summed E-state index contributed by atoms with van der Waals surface area (Å²) in [5.74, 6) is 0. The zero-order chi connectivity index (χ0) is 35.2. The third-order valence-corrected chi connectivity index (χ3v) is 12.0. The molecule has 10 rings (SSSR count). The molecule has 0 atom stereocenters. The van der Waals surface area contributed by atoms with Gasteiger partial charge in [-0.1, -0.05) is 138 Å². The first-order chi connectivity index (χ1) is 25.4. The van der Waals surface area contributed by atoms with Crippen molar-refractivity contribution in [1.82, 2.24) is 0 Å². The Bertz CT molecular complexity index is 3050. The van der Waals surface area contributed by atoms with Crippen LogP contribution < -0.4 is 27.3 Å². The van der Waals surface area contributed by atoms with Crippen molar-refractivity contribution in [2.24, 2.45) is 0 Å². The zero-order valence-corrected chi connectivity index (χ0v) is 30.2. The Balaban J connectivity index is 1.39. The van der Waals surface area contributed by atoms with Gasteiger partial charge in [-0.25, -0.2) is 0 Å². The molecule has 0 saturated carbocycles. The van der Waals surface area contributed by atoms with Gasteiger partial charge in [0, 0.05) is 16.3 Å². The number of fused-ring (bicyclic) bond motifs is 7. The van der Waals surface area contributed by atoms with E-state index in [-0.39, 0.29) is 0 Å². The number of hydrogen-bond donors (Lipinski definition) is 0. The van der Waals surface area contributed by atoms with Gasteiger partial charge >= 0.3 is 0 Å². The van der Waals surface area contributed by atoms with Crippen molar-refractivity contribution >= 4 is 132 Å². The summed E-state index contributed by atoms with van der Waals surface area (Å²) in [5, 5.41) is 12.2. The van der Waals surface area contributed by atoms with Gasteiger partial charge < -0.3 is 4.42 Å². The SMILES string of the molecule is Bc1c(B)c(B)c(-c2ccc(-c3c4ccccc4c(-c4cccc5ccccc45)c4ccccc34)c3c2oc2cc4ccccc4cc23)c(B)c1B. The molecule has 0 fully saturated rings. The van der Waals surface area contributed by atoms with Crippen molar-refractivity contribution in [1.29, 1.82) is 0 Å². The van der Waals surface area contributed by atoms with Crippen LogP contribution in [0, 0.1) is 0 Å². The minimum atomic E-state index is 0.916. The van der Waals surface area contributed by atoms with Crippen LogP contribution in [0.3, 0.4) is 0 Å². The summed E-state index contributed by atoms with van der Waals surface area (Å²) >= 11 is 0. The molecule has 238 valence electrons. The molecule has 0 radical (unpaired) electrons. The van der Waals surface area contributed by atoms with E-state index in [2.05, 4.69) is 179 Å². The molecule has 1 nitrogen and oxygen atoms in total. The summed E-state index contributed by atoms with van der Waals surface area (Å²) in [6, 6.07) is 51.3. The summed E-state index contributed by atoms with van der Waals surface area (Å²) in [5.41, 5.74) is 16.0. The predicted molar refractivity (Wildman–Crippen MR) is 241 cm³/mol. The Hall–Kier alpha value is -5.86. The first-order valence-electron chi connectivity index (χ1n) is 18.3. The molecule has 52 heavy (non-hydrogen) atoms. The van der Waals surface area contributed by atoms with E-state index in [4.69, 9.17) is 4.42 Å². The zero-order valence-electron chi connectivity index (χ0n) is 30.2. The second-order valence-electron chi connectivity index (χ2n) is 14.5. The minimum absolute atomic E-state index is 0.916. The lowest BCUT2D eigenvalue weighted by atomic mass is 9.59. The second-order valence-corrected chi connectivity index (χ2v) is 14.5. The maximum absolute atomic E-state index is 7.09. The van der Waals surface area contributed by atoms with E-state index >= 15 is 0 Å². The maximum atomic E-state index is 7.09. The normalized spacial score (nSPS) is 11.8. The smallest absolute Gasteiger partial charge is 0.143 e. The summed E-state index contributed by atoms with van der Waals surface area (Å²) in [6.07, 6.45) is 0. The van der Waals surface area contributed by atoms with Gasteiger partial charge in [0.15, 0.2) is 0 Å². The summed E-state index contributed by atoms with van der Waals surface area (Å²) in [4.78, 5) is 0. The van der Waals surface area contributed by atoms with Gasteiger partial charge in [-0.15, -0.1) is 16.4 Å². The van der Waals surface area contributed by atoms with Crippen LogP contribution in [-0.2, 0) is 0 Å². The average Bonchev–Trinajstić information content (AvgIpc) is 3.56. The third kappa shape index (κ3) is 4.37. The highest BCUT2D eigenvalue weighted by atomic mass is 16.3. The molecule has 0 unspecified atom stereocenters. The maximum Gasteiger partial charge on any atom is 0.143 e. The molecule has 0 N–H and O–H groups in total. The van der Waals surface area contributed by atoms with E-state index < -0.39 is 0 Å². The lowest BCUT2D eigenvalue weighted by Gasteiger charge is -2.22. The number of rotatable bonds is 3. The van der Waals surface area contributed by atoms with E-state index in [1.807, 2.05) is 0 Å². The van der Waals surface area contributed by atoms with Crippen LogP contribution >= 0.6 is 0 Å². The molecule has 0 aliphatic carbocycles. The monoisotopic (exact) mass is 656 g/mol. The number of benzene rings is 9. The fourth-order valence-corrected chi connectivity index (χ4v) is 9.03. The van der Waals surface area contributed by atoms with Gasteiger partial charge in [0.2, 0.25) is 0 Å². The van der Waals surface area contributed by atoms with Gasteiger partial charge in [0.05, 0.1) is 0 Å². The van der Waals surface area contributed by atoms with Crippen molar-refractivity contribution in [3.8, 4) is 33.4 Å². The van der Waals surface area contributed by atoms with Crippen LogP contribution in [0.25, 0.3) is 98.4 Å². The fraction of sp³-hybridized carbons (Fsp3) is 0. The highest BCUT2D eigenvalue weighted by Gasteiger charge is 2.24. The molecule has 0 spiro atoms. The van der Waals surface area contributed by atoms with Crippen LogP contribution in [0.2, 0.25) is 0 Å². The predicted octanol–water partition coefficient (Wildman–Crippen LogP) is 4.49. The first-order valence-corrected chi connectivity index (χ1v) is 18.3. The molecule has 1 heterocycles. The number of furan rings is 1. The largest absolute Gasteiger partial charge is 0.455 e. The molecule has 0 aliphatic rings. The van der Waals surface area contributed by atoms with Crippen LogP contribution in [0.4, 0.5) is 0 Å². The van der Waals surface area contributed by atoms with Crippen molar-refractivity contribution in [2.45, 2.75) is 0 Å². The van der Waals surface area contributed by atoms with Crippen molar-refractivity contribution < 1.29 is 4.42 Å². The molecule has 1 aromatic heterocycles. The second kappa shape index (κ2) is 11.6. The number of hydrogen-bond acceptors (Lipinski definition) is 1. The summed E-state index contributed by atoms with van der Waals surface area (Å²) in [6.45, 7) is 0. The average molecular weight is 656 g/mol. The van der Waals surface area contributed by atoms with Crippen molar-refractivity contribution in [2.75, 3.05) is 0 Å². The molecule has 0 amide bonds. The third-order valence-electron chi connectivity index (χ3n) is 12.0. The van der Waals surface area contributed by atoms with Gasteiger partial charge in [-0.3, -0.25) is 0 Å². The molecule has 0 bridgehead atoms. The molecule has 9 aromatic carbocycles. The molecular weight excluding hydrogens is 623 g/mol.